The second kappa shape index (κ2) is 6.84. The first-order valence-corrected chi connectivity index (χ1v) is 6.64. The maximum Gasteiger partial charge on any atom is 0.340 e. The molecule has 21 heavy (non-hydrogen) atoms. The number of nitriles is 1. The van der Waals surface area contributed by atoms with Crippen molar-refractivity contribution in [2.75, 3.05) is 6.61 Å². The SMILES string of the molecule is CCn1c(C)cc(C(=O)OCC(=O)[C@@H](C#N)C(C)=N)c1C. The van der Waals surface area contributed by atoms with Crippen molar-refractivity contribution in [3.8, 4) is 6.07 Å². The highest BCUT2D eigenvalue weighted by Gasteiger charge is 2.23. The van der Waals surface area contributed by atoms with Crippen molar-refractivity contribution in [1.82, 2.24) is 4.57 Å². The van der Waals surface area contributed by atoms with Gasteiger partial charge < -0.3 is 14.7 Å². The number of hydrogen-bond donors (Lipinski definition) is 1. The zero-order valence-corrected chi connectivity index (χ0v) is 12.7. The average molecular weight is 289 g/mol. The number of carbonyl (C=O) groups is 2. The second-order valence-electron chi connectivity index (χ2n) is 4.82. The number of aromatic nitrogens is 1. The molecule has 1 rings (SSSR count). The number of carbonyl (C=O) groups excluding carboxylic acids is 2. The summed E-state index contributed by atoms with van der Waals surface area (Å²) in [7, 11) is 0. The third-order valence-corrected chi connectivity index (χ3v) is 3.34. The summed E-state index contributed by atoms with van der Waals surface area (Å²) in [6.45, 7) is 7.30. The Hall–Kier alpha value is -2.42. The number of aryl methyl sites for hydroxylation is 1. The summed E-state index contributed by atoms with van der Waals surface area (Å²) in [6, 6.07) is 3.45. The molecule has 6 heteroatoms. The monoisotopic (exact) mass is 289 g/mol. The van der Waals surface area contributed by atoms with Crippen LogP contribution < -0.4 is 0 Å². The van der Waals surface area contributed by atoms with E-state index in [4.69, 9.17) is 15.4 Å². The van der Waals surface area contributed by atoms with E-state index in [1.807, 2.05) is 25.3 Å². The smallest absolute Gasteiger partial charge is 0.340 e. The Balaban J connectivity index is 2.78. The Morgan fingerprint density at radius 2 is 2.10 bits per heavy atom. The van der Waals surface area contributed by atoms with Crippen LogP contribution in [0.3, 0.4) is 0 Å². The fourth-order valence-electron chi connectivity index (χ4n) is 2.20. The molecule has 0 radical (unpaired) electrons. The number of esters is 1. The third-order valence-electron chi connectivity index (χ3n) is 3.34. The molecule has 0 saturated carbocycles. The minimum atomic E-state index is -1.15. The molecular weight excluding hydrogens is 270 g/mol. The van der Waals surface area contributed by atoms with Gasteiger partial charge in [-0.1, -0.05) is 0 Å². The third kappa shape index (κ3) is 3.57. The van der Waals surface area contributed by atoms with E-state index in [1.54, 1.807) is 12.1 Å². The van der Waals surface area contributed by atoms with E-state index in [-0.39, 0.29) is 5.71 Å². The van der Waals surface area contributed by atoms with Gasteiger partial charge in [-0.15, -0.1) is 0 Å². The summed E-state index contributed by atoms with van der Waals surface area (Å²) < 4.78 is 6.94. The van der Waals surface area contributed by atoms with Crippen molar-refractivity contribution in [3.05, 3.63) is 23.0 Å². The second-order valence-corrected chi connectivity index (χ2v) is 4.82. The molecule has 6 nitrogen and oxygen atoms in total. The molecule has 1 heterocycles. The van der Waals surface area contributed by atoms with E-state index in [0.29, 0.717) is 5.56 Å². The van der Waals surface area contributed by atoms with E-state index in [1.165, 1.54) is 6.92 Å². The summed E-state index contributed by atoms with van der Waals surface area (Å²) in [5.74, 6) is -2.32. The summed E-state index contributed by atoms with van der Waals surface area (Å²) in [4.78, 5) is 23.7. The standard InChI is InChI=1S/C15H19N3O3/c1-5-18-9(2)6-12(11(18)4)15(20)21-8-14(19)13(7-16)10(3)17/h6,13,17H,5,8H2,1-4H3/t13-/m0/s1. The molecule has 0 fully saturated rings. The molecule has 1 aromatic rings. The molecule has 0 saturated heterocycles. The number of nitrogens with one attached hydrogen (secondary N) is 1. The number of ketones is 1. The molecule has 112 valence electrons. The fraction of sp³-hybridized carbons (Fsp3) is 0.467. The minimum Gasteiger partial charge on any atom is -0.454 e. The Morgan fingerprint density at radius 1 is 1.48 bits per heavy atom. The lowest BCUT2D eigenvalue weighted by Gasteiger charge is -2.08. The molecular formula is C15H19N3O3. The van der Waals surface area contributed by atoms with Gasteiger partial charge in [0.2, 0.25) is 0 Å². The maximum absolute atomic E-state index is 12.0. The van der Waals surface area contributed by atoms with Gasteiger partial charge in [0.25, 0.3) is 0 Å². The largest absolute Gasteiger partial charge is 0.454 e. The van der Waals surface area contributed by atoms with Crippen LogP contribution in [0.1, 0.15) is 35.6 Å². The summed E-state index contributed by atoms with van der Waals surface area (Å²) >= 11 is 0. The zero-order valence-electron chi connectivity index (χ0n) is 12.7. The summed E-state index contributed by atoms with van der Waals surface area (Å²) in [5, 5.41) is 16.1. The predicted octanol–water partition coefficient (Wildman–Crippen LogP) is 2.03. The van der Waals surface area contributed by atoms with E-state index in [2.05, 4.69) is 0 Å². The zero-order chi connectivity index (χ0) is 16.2. The van der Waals surface area contributed by atoms with E-state index >= 15 is 0 Å². The summed E-state index contributed by atoms with van der Waals surface area (Å²) in [5.41, 5.74) is 2.09. The number of ether oxygens (including phenoxy) is 1. The Bertz CT molecular complexity index is 623. The van der Waals surface area contributed by atoms with Gasteiger partial charge in [-0.05, 0) is 33.8 Å². The highest BCUT2D eigenvalue weighted by atomic mass is 16.5. The molecule has 0 spiro atoms. The van der Waals surface area contributed by atoms with Crippen molar-refractivity contribution in [3.63, 3.8) is 0 Å². The molecule has 0 aliphatic rings. The predicted molar refractivity (Wildman–Crippen MR) is 77.4 cm³/mol. The van der Waals surface area contributed by atoms with Crippen LogP contribution in [0, 0.1) is 36.5 Å². The van der Waals surface area contributed by atoms with Gasteiger partial charge in [0, 0.05) is 23.6 Å². The van der Waals surface area contributed by atoms with Crippen molar-refractivity contribution in [2.45, 2.75) is 34.2 Å². The van der Waals surface area contributed by atoms with Crippen LogP contribution in [-0.4, -0.2) is 28.6 Å². The van der Waals surface area contributed by atoms with E-state index in [0.717, 1.165) is 17.9 Å². The molecule has 0 unspecified atom stereocenters. The van der Waals surface area contributed by atoms with Gasteiger partial charge in [0.05, 0.1) is 11.6 Å². The number of Topliss-reactive ketones (excluding diaryl/α,β-unsaturated/α-hetero) is 1. The lowest BCUT2D eigenvalue weighted by atomic mass is 10.0. The lowest BCUT2D eigenvalue weighted by molar-refractivity contribution is -0.122. The van der Waals surface area contributed by atoms with E-state index < -0.39 is 24.3 Å². The van der Waals surface area contributed by atoms with Crippen LogP contribution in [-0.2, 0) is 16.1 Å². The van der Waals surface area contributed by atoms with Gasteiger partial charge in [-0.2, -0.15) is 5.26 Å². The lowest BCUT2D eigenvalue weighted by Crippen LogP contribution is -2.25. The number of nitrogens with zero attached hydrogens (tertiary/aromatic N) is 2. The molecule has 0 aliphatic carbocycles. The van der Waals surface area contributed by atoms with Crippen LogP contribution in [0.25, 0.3) is 0 Å². The maximum atomic E-state index is 12.0. The number of hydrogen-bond acceptors (Lipinski definition) is 5. The van der Waals surface area contributed by atoms with Crippen molar-refractivity contribution in [1.29, 1.82) is 10.7 Å². The van der Waals surface area contributed by atoms with Gasteiger partial charge in [0.1, 0.15) is 5.92 Å². The van der Waals surface area contributed by atoms with E-state index in [9.17, 15) is 9.59 Å². The van der Waals surface area contributed by atoms with Crippen molar-refractivity contribution >= 4 is 17.5 Å². The first-order chi connectivity index (χ1) is 9.83. The molecule has 0 aliphatic heterocycles. The van der Waals surface area contributed by atoms with Crippen LogP contribution in [0.4, 0.5) is 0 Å². The highest BCUT2D eigenvalue weighted by Crippen LogP contribution is 2.16. The topological polar surface area (TPSA) is 95.9 Å². The first kappa shape index (κ1) is 16.6. The van der Waals surface area contributed by atoms with Gasteiger partial charge in [-0.3, -0.25) is 4.79 Å². The van der Waals surface area contributed by atoms with Crippen LogP contribution in [0.15, 0.2) is 6.07 Å². The van der Waals surface area contributed by atoms with Gasteiger partial charge >= 0.3 is 5.97 Å². The number of rotatable bonds is 6. The average Bonchev–Trinajstić information content (AvgIpc) is 2.71. The quantitative estimate of drug-likeness (QED) is 0.640. The molecule has 0 bridgehead atoms. The Labute approximate surface area is 123 Å². The Morgan fingerprint density at radius 3 is 2.52 bits per heavy atom. The van der Waals surface area contributed by atoms with Crippen LogP contribution >= 0.6 is 0 Å². The van der Waals surface area contributed by atoms with Crippen molar-refractivity contribution in [2.24, 2.45) is 5.92 Å². The first-order valence-electron chi connectivity index (χ1n) is 6.64. The van der Waals surface area contributed by atoms with Crippen LogP contribution in [0.2, 0.25) is 0 Å². The minimum absolute atomic E-state index is 0.0530. The molecule has 1 N–H and O–H groups in total. The normalized spacial score (nSPS) is 11.6. The molecule has 0 amide bonds. The van der Waals surface area contributed by atoms with Crippen LogP contribution in [0.5, 0.6) is 0 Å². The summed E-state index contributed by atoms with van der Waals surface area (Å²) in [6.07, 6.45) is 0. The highest BCUT2D eigenvalue weighted by molar-refractivity contribution is 6.06. The molecule has 1 atom stereocenters. The van der Waals surface area contributed by atoms with Crippen molar-refractivity contribution < 1.29 is 14.3 Å². The van der Waals surface area contributed by atoms with Gasteiger partial charge in [0.15, 0.2) is 12.4 Å². The molecule has 1 aromatic heterocycles. The Kier molecular flexibility index (Phi) is 5.42. The molecule has 0 aromatic carbocycles. The fourth-order valence-corrected chi connectivity index (χ4v) is 2.20. The van der Waals surface area contributed by atoms with Gasteiger partial charge in [-0.25, -0.2) is 4.79 Å².